The maximum atomic E-state index is 12.7. The number of hydrogen-bond acceptors (Lipinski definition) is 8. The molecule has 0 amide bonds. The van der Waals surface area contributed by atoms with Crippen LogP contribution in [0.2, 0.25) is 0 Å². The molecule has 0 fully saturated rings. The molecular formula is C18H16N2O7. The molecule has 1 aromatic carbocycles. The van der Waals surface area contributed by atoms with E-state index in [1.165, 1.54) is 25.3 Å². The smallest absolute Gasteiger partial charge is 0.341 e. The lowest BCUT2D eigenvalue weighted by atomic mass is 9.92. The normalized spacial score (nSPS) is 12.4. The molecule has 0 N–H and O–H groups in total. The van der Waals surface area contributed by atoms with E-state index in [4.69, 9.17) is 14.2 Å². The standard InChI is InChI=1S/C18H16N2O7/c1-10-14(17(21)26-7-6-25-2)15(16-13(19-10)9-27-18(16)22)11-4-3-5-12(8-11)20(23)24/h3-5,8H,6-7,9H2,1-2H3. The number of fused-ring (bicyclic) bond motifs is 1. The van der Waals surface area contributed by atoms with Crippen molar-refractivity contribution >= 4 is 17.6 Å². The van der Waals surface area contributed by atoms with Gasteiger partial charge in [-0.25, -0.2) is 9.59 Å². The summed E-state index contributed by atoms with van der Waals surface area (Å²) in [7, 11) is 1.47. The number of cyclic esters (lactones) is 1. The molecule has 0 atom stereocenters. The van der Waals surface area contributed by atoms with Gasteiger partial charge in [0.25, 0.3) is 5.69 Å². The zero-order valence-corrected chi connectivity index (χ0v) is 14.7. The molecule has 9 nitrogen and oxygen atoms in total. The Hall–Kier alpha value is -3.33. The molecular weight excluding hydrogens is 356 g/mol. The summed E-state index contributed by atoms with van der Waals surface area (Å²) < 4.78 is 15.1. The van der Waals surface area contributed by atoms with E-state index in [0.29, 0.717) is 17.0 Å². The molecule has 140 valence electrons. The molecule has 0 saturated carbocycles. The Balaban J connectivity index is 2.21. The van der Waals surface area contributed by atoms with Gasteiger partial charge in [-0.05, 0) is 12.5 Å². The van der Waals surface area contributed by atoms with Crippen LogP contribution in [0.25, 0.3) is 11.1 Å². The number of hydrogen-bond donors (Lipinski definition) is 0. The molecule has 9 heteroatoms. The first kappa shape index (κ1) is 18.5. The van der Waals surface area contributed by atoms with Crippen molar-refractivity contribution in [1.82, 2.24) is 4.98 Å². The summed E-state index contributed by atoms with van der Waals surface area (Å²) in [4.78, 5) is 39.8. The Morgan fingerprint density at radius 3 is 2.81 bits per heavy atom. The monoisotopic (exact) mass is 372 g/mol. The summed E-state index contributed by atoms with van der Waals surface area (Å²) in [5.74, 6) is -1.33. The molecule has 2 aromatic rings. The zero-order valence-electron chi connectivity index (χ0n) is 14.7. The molecule has 0 aliphatic carbocycles. The maximum Gasteiger partial charge on any atom is 0.341 e. The highest BCUT2D eigenvalue weighted by Gasteiger charge is 2.33. The van der Waals surface area contributed by atoms with Gasteiger partial charge in [-0.3, -0.25) is 15.1 Å². The number of nitro groups is 1. The molecule has 1 aliphatic rings. The molecule has 0 unspecified atom stereocenters. The second-order valence-electron chi connectivity index (χ2n) is 5.78. The molecule has 3 rings (SSSR count). The first-order valence-electron chi connectivity index (χ1n) is 8.05. The van der Waals surface area contributed by atoms with Crippen molar-refractivity contribution in [3.63, 3.8) is 0 Å². The second kappa shape index (κ2) is 7.50. The lowest BCUT2D eigenvalue weighted by Gasteiger charge is -2.14. The van der Waals surface area contributed by atoms with Crippen molar-refractivity contribution < 1.29 is 28.7 Å². The number of nitro benzene ring substituents is 1. The van der Waals surface area contributed by atoms with Crippen molar-refractivity contribution in [2.24, 2.45) is 0 Å². The zero-order chi connectivity index (χ0) is 19.6. The Labute approximate surface area is 154 Å². The second-order valence-corrected chi connectivity index (χ2v) is 5.78. The first-order chi connectivity index (χ1) is 12.9. The highest BCUT2D eigenvalue weighted by Crippen LogP contribution is 2.36. The lowest BCUT2D eigenvalue weighted by molar-refractivity contribution is -0.384. The molecule has 1 aromatic heterocycles. The van der Waals surface area contributed by atoms with Crippen LogP contribution in [0.4, 0.5) is 5.69 Å². The average molecular weight is 372 g/mol. The average Bonchev–Trinajstić information content (AvgIpc) is 3.01. The minimum atomic E-state index is -0.693. The van der Waals surface area contributed by atoms with E-state index in [1.807, 2.05) is 0 Å². The van der Waals surface area contributed by atoms with E-state index in [-0.39, 0.29) is 42.2 Å². The lowest BCUT2D eigenvalue weighted by Crippen LogP contribution is -2.16. The Morgan fingerprint density at radius 1 is 1.33 bits per heavy atom. The van der Waals surface area contributed by atoms with E-state index in [2.05, 4.69) is 4.98 Å². The number of aromatic nitrogens is 1. The van der Waals surface area contributed by atoms with E-state index in [1.54, 1.807) is 13.0 Å². The first-order valence-corrected chi connectivity index (χ1v) is 8.05. The van der Waals surface area contributed by atoms with Crippen LogP contribution in [0, 0.1) is 17.0 Å². The summed E-state index contributed by atoms with van der Waals surface area (Å²) in [5.41, 5.74) is 1.32. The molecule has 0 bridgehead atoms. The molecule has 2 heterocycles. The molecule has 0 saturated heterocycles. The predicted octanol–water partition coefficient (Wildman–Crippen LogP) is 2.44. The molecule has 0 radical (unpaired) electrons. The molecule has 0 spiro atoms. The number of pyridine rings is 1. The minimum Gasteiger partial charge on any atom is -0.460 e. The van der Waals surface area contributed by atoms with Gasteiger partial charge in [0.15, 0.2) is 0 Å². The van der Waals surface area contributed by atoms with E-state index < -0.39 is 16.9 Å². The van der Waals surface area contributed by atoms with Crippen molar-refractivity contribution in [1.29, 1.82) is 0 Å². The van der Waals surface area contributed by atoms with Crippen molar-refractivity contribution in [2.45, 2.75) is 13.5 Å². The fourth-order valence-corrected chi connectivity index (χ4v) is 2.90. The summed E-state index contributed by atoms with van der Waals surface area (Å²) in [6.07, 6.45) is 0. The largest absolute Gasteiger partial charge is 0.460 e. The number of ether oxygens (including phenoxy) is 3. The van der Waals surface area contributed by atoms with Crippen LogP contribution >= 0.6 is 0 Å². The maximum absolute atomic E-state index is 12.7. The van der Waals surface area contributed by atoms with Gasteiger partial charge in [0.1, 0.15) is 13.2 Å². The van der Waals surface area contributed by atoms with Gasteiger partial charge in [-0.1, -0.05) is 12.1 Å². The highest BCUT2D eigenvalue weighted by atomic mass is 16.6. The van der Waals surface area contributed by atoms with E-state index in [0.717, 1.165) is 0 Å². The topological polar surface area (TPSA) is 118 Å². The Kier molecular flexibility index (Phi) is 5.13. The van der Waals surface area contributed by atoms with Crippen LogP contribution in [0.3, 0.4) is 0 Å². The number of rotatable bonds is 6. The summed E-state index contributed by atoms with van der Waals surface area (Å²) in [6.45, 7) is 1.81. The number of nitrogens with zero attached hydrogens (tertiary/aromatic N) is 2. The van der Waals surface area contributed by atoms with Gasteiger partial charge >= 0.3 is 11.9 Å². The Morgan fingerprint density at radius 2 is 2.11 bits per heavy atom. The van der Waals surface area contributed by atoms with Gasteiger partial charge in [0.05, 0.1) is 34.0 Å². The summed E-state index contributed by atoms with van der Waals surface area (Å²) >= 11 is 0. The summed E-state index contributed by atoms with van der Waals surface area (Å²) in [6, 6.07) is 5.69. The van der Waals surface area contributed by atoms with E-state index in [9.17, 15) is 19.7 Å². The van der Waals surface area contributed by atoms with Gasteiger partial charge in [0.2, 0.25) is 0 Å². The fraction of sp³-hybridized carbons (Fsp3) is 0.278. The van der Waals surface area contributed by atoms with Crippen LogP contribution in [-0.4, -0.2) is 42.2 Å². The number of methoxy groups -OCH3 is 1. The molecule has 1 aliphatic heterocycles. The van der Waals surface area contributed by atoms with Crippen LogP contribution < -0.4 is 0 Å². The van der Waals surface area contributed by atoms with Crippen molar-refractivity contribution in [3.05, 3.63) is 56.9 Å². The SMILES string of the molecule is COCCOC(=O)c1c(C)nc2c(c1-c1cccc([N+](=O)[O-])c1)C(=O)OC2. The predicted molar refractivity (Wildman–Crippen MR) is 92.3 cm³/mol. The third-order valence-corrected chi connectivity index (χ3v) is 4.07. The van der Waals surface area contributed by atoms with Crippen molar-refractivity contribution in [3.8, 4) is 11.1 Å². The number of carbonyl (C=O) groups is 2. The van der Waals surface area contributed by atoms with Crippen LogP contribution in [0.15, 0.2) is 24.3 Å². The van der Waals surface area contributed by atoms with Crippen LogP contribution in [-0.2, 0) is 20.8 Å². The fourth-order valence-electron chi connectivity index (χ4n) is 2.90. The van der Waals surface area contributed by atoms with Gasteiger partial charge < -0.3 is 14.2 Å². The summed E-state index contributed by atoms with van der Waals surface area (Å²) in [5, 5.41) is 11.1. The van der Waals surface area contributed by atoms with Gasteiger partial charge in [-0.15, -0.1) is 0 Å². The van der Waals surface area contributed by atoms with Crippen molar-refractivity contribution in [2.75, 3.05) is 20.3 Å². The number of non-ortho nitro benzene ring substituents is 1. The number of carbonyl (C=O) groups excluding carboxylic acids is 2. The van der Waals surface area contributed by atoms with E-state index >= 15 is 0 Å². The van der Waals surface area contributed by atoms with Crippen LogP contribution in [0.1, 0.15) is 32.1 Å². The quantitative estimate of drug-likeness (QED) is 0.328. The highest BCUT2D eigenvalue weighted by molar-refractivity contribution is 6.08. The number of aryl methyl sites for hydroxylation is 1. The minimum absolute atomic E-state index is 0.0179. The molecule has 27 heavy (non-hydrogen) atoms. The number of benzene rings is 1. The van der Waals surface area contributed by atoms with Gasteiger partial charge in [0, 0.05) is 24.8 Å². The van der Waals surface area contributed by atoms with Crippen LogP contribution in [0.5, 0.6) is 0 Å². The number of esters is 2. The van der Waals surface area contributed by atoms with Gasteiger partial charge in [-0.2, -0.15) is 0 Å². The Bertz CT molecular complexity index is 940. The third-order valence-electron chi connectivity index (χ3n) is 4.07. The third kappa shape index (κ3) is 3.49.